The Kier molecular flexibility index (Phi) is 3.69. The van der Waals surface area contributed by atoms with E-state index in [0.29, 0.717) is 23.3 Å². The quantitative estimate of drug-likeness (QED) is 0.823. The van der Waals surface area contributed by atoms with Crippen molar-refractivity contribution in [1.29, 1.82) is 0 Å². The van der Waals surface area contributed by atoms with Crippen molar-refractivity contribution in [1.82, 2.24) is 4.90 Å². The zero-order valence-corrected chi connectivity index (χ0v) is 12.7. The molecule has 1 amide bonds. The molecule has 1 saturated heterocycles. The molecule has 1 heterocycles. The van der Waals surface area contributed by atoms with E-state index in [1.807, 2.05) is 18.2 Å². The van der Waals surface area contributed by atoms with E-state index in [0.717, 1.165) is 12.0 Å². The highest BCUT2D eigenvalue weighted by Gasteiger charge is 2.48. The molecular formula is C17H20F3NO. The lowest BCUT2D eigenvalue weighted by molar-refractivity contribution is -0.202. The van der Waals surface area contributed by atoms with E-state index in [4.69, 9.17) is 0 Å². The Balaban J connectivity index is 1.65. The molecule has 2 fully saturated rings. The molecule has 0 bridgehead atoms. The van der Waals surface area contributed by atoms with Gasteiger partial charge in [0.05, 0.1) is 5.92 Å². The maximum absolute atomic E-state index is 12.5. The van der Waals surface area contributed by atoms with Crippen molar-refractivity contribution >= 4 is 5.91 Å². The fourth-order valence-corrected chi connectivity index (χ4v) is 3.27. The number of carbonyl (C=O) groups excluding carboxylic acids is 1. The van der Waals surface area contributed by atoms with Crippen molar-refractivity contribution in [3.05, 3.63) is 35.4 Å². The van der Waals surface area contributed by atoms with Crippen LogP contribution in [0, 0.1) is 17.8 Å². The van der Waals surface area contributed by atoms with Crippen LogP contribution in [0.4, 0.5) is 13.2 Å². The predicted molar refractivity (Wildman–Crippen MR) is 77.6 cm³/mol. The summed E-state index contributed by atoms with van der Waals surface area (Å²) in [6.07, 6.45) is -3.06. The summed E-state index contributed by atoms with van der Waals surface area (Å²) in [6.45, 7) is 3.95. The molecule has 22 heavy (non-hydrogen) atoms. The molecule has 1 saturated carbocycles. The molecule has 1 aliphatic carbocycles. The van der Waals surface area contributed by atoms with Crippen molar-refractivity contribution in [3.63, 3.8) is 0 Å². The molecule has 2 nitrogen and oxygen atoms in total. The van der Waals surface area contributed by atoms with Crippen molar-refractivity contribution in [3.8, 4) is 0 Å². The maximum Gasteiger partial charge on any atom is 0.395 e. The minimum Gasteiger partial charge on any atom is -0.337 e. The van der Waals surface area contributed by atoms with Crippen LogP contribution in [0.25, 0.3) is 0 Å². The van der Waals surface area contributed by atoms with Crippen molar-refractivity contribution < 1.29 is 18.0 Å². The third kappa shape index (κ3) is 2.85. The summed E-state index contributed by atoms with van der Waals surface area (Å²) in [5.74, 6) is 0.112. The van der Waals surface area contributed by atoms with Gasteiger partial charge in [0, 0.05) is 18.7 Å². The van der Waals surface area contributed by atoms with E-state index < -0.39 is 12.1 Å². The summed E-state index contributed by atoms with van der Waals surface area (Å²) in [4.78, 5) is 13.6. The van der Waals surface area contributed by atoms with Gasteiger partial charge in [-0.15, -0.1) is 0 Å². The molecule has 1 aromatic rings. The normalized spacial score (nSPS) is 25.3. The van der Waals surface area contributed by atoms with E-state index in [2.05, 4.69) is 13.8 Å². The Morgan fingerprint density at radius 1 is 1.27 bits per heavy atom. The predicted octanol–water partition coefficient (Wildman–Crippen LogP) is 4.08. The third-order valence-corrected chi connectivity index (χ3v) is 4.89. The Hall–Kier alpha value is -1.52. The smallest absolute Gasteiger partial charge is 0.337 e. The molecule has 0 radical (unpaired) electrons. The fourth-order valence-electron chi connectivity index (χ4n) is 3.27. The molecule has 120 valence electrons. The number of nitrogens with zero attached hydrogens (tertiary/aromatic N) is 1. The van der Waals surface area contributed by atoms with Gasteiger partial charge in [-0.05, 0) is 41.9 Å². The number of rotatable bonds is 3. The second-order valence-corrected chi connectivity index (χ2v) is 6.82. The van der Waals surface area contributed by atoms with Crippen LogP contribution in [-0.2, 0) is 0 Å². The number of hydrogen-bond acceptors (Lipinski definition) is 1. The summed E-state index contributed by atoms with van der Waals surface area (Å²) < 4.78 is 37.5. The van der Waals surface area contributed by atoms with Crippen molar-refractivity contribution in [2.45, 2.75) is 32.4 Å². The molecule has 5 heteroatoms. The Morgan fingerprint density at radius 2 is 1.95 bits per heavy atom. The second-order valence-electron chi connectivity index (χ2n) is 6.82. The molecule has 1 aromatic carbocycles. The number of amides is 1. The Bertz CT molecular complexity index is 576. The first-order valence-electron chi connectivity index (χ1n) is 7.73. The molecule has 1 aliphatic heterocycles. The van der Waals surface area contributed by atoms with Crippen LogP contribution in [0.3, 0.4) is 0 Å². The number of alkyl halides is 3. The molecule has 2 aliphatic rings. The first kappa shape index (κ1) is 15.4. The molecule has 0 aromatic heterocycles. The summed E-state index contributed by atoms with van der Waals surface area (Å²) >= 11 is 0. The van der Waals surface area contributed by atoms with Crippen LogP contribution in [-0.4, -0.2) is 30.1 Å². The molecule has 0 N–H and O–H groups in total. The SMILES string of the molecule is CC(C)[C@H]1C[C@@H]1c1cccc(C(=O)N2CC(C(F)(F)F)C2)c1. The lowest BCUT2D eigenvalue weighted by Crippen LogP contribution is -2.55. The highest BCUT2D eigenvalue weighted by molar-refractivity contribution is 5.95. The number of likely N-dealkylation sites (tertiary alicyclic amines) is 1. The maximum atomic E-state index is 12.5. The van der Waals surface area contributed by atoms with Gasteiger partial charge in [0.1, 0.15) is 0 Å². The van der Waals surface area contributed by atoms with Crippen LogP contribution in [0.15, 0.2) is 24.3 Å². The average molecular weight is 311 g/mol. The molecule has 0 unspecified atom stereocenters. The van der Waals surface area contributed by atoms with Crippen LogP contribution in [0.2, 0.25) is 0 Å². The highest BCUT2D eigenvalue weighted by atomic mass is 19.4. The average Bonchev–Trinajstić information content (AvgIpc) is 3.15. The van der Waals surface area contributed by atoms with Gasteiger partial charge in [0.2, 0.25) is 0 Å². The number of benzene rings is 1. The van der Waals surface area contributed by atoms with Crippen LogP contribution in [0.1, 0.15) is 42.1 Å². The second kappa shape index (κ2) is 5.28. The van der Waals surface area contributed by atoms with E-state index in [9.17, 15) is 18.0 Å². The Labute approximate surface area is 128 Å². The molecule has 0 spiro atoms. The largest absolute Gasteiger partial charge is 0.395 e. The highest BCUT2D eigenvalue weighted by Crippen LogP contribution is 2.51. The zero-order chi connectivity index (χ0) is 16.1. The zero-order valence-electron chi connectivity index (χ0n) is 12.7. The van der Waals surface area contributed by atoms with Gasteiger partial charge in [-0.2, -0.15) is 13.2 Å². The monoisotopic (exact) mass is 311 g/mol. The number of carbonyl (C=O) groups is 1. The van der Waals surface area contributed by atoms with Crippen LogP contribution >= 0.6 is 0 Å². The first-order chi connectivity index (χ1) is 10.3. The summed E-state index contributed by atoms with van der Waals surface area (Å²) in [6, 6.07) is 7.40. The van der Waals surface area contributed by atoms with E-state index >= 15 is 0 Å². The van der Waals surface area contributed by atoms with Gasteiger partial charge in [-0.25, -0.2) is 0 Å². The molecule has 2 atom stereocenters. The van der Waals surface area contributed by atoms with Gasteiger partial charge < -0.3 is 4.90 Å². The lowest BCUT2D eigenvalue weighted by atomic mass is 9.97. The molecular weight excluding hydrogens is 291 g/mol. The van der Waals surface area contributed by atoms with Gasteiger partial charge >= 0.3 is 6.18 Å². The van der Waals surface area contributed by atoms with E-state index in [1.54, 1.807) is 6.07 Å². The van der Waals surface area contributed by atoms with Crippen molar-refractivity contribution in [2.75, 3.05) is 13.1 Å². The summed E-state index contributed by atoms with van der Waals surface area (Å²) in [5.41, 5.74) is 1.64. The van der Waals surface area contributed by atoms with Crippen LogP contribution < -0.4 is 0 Å². The van der Waals surface area contributed by atoms with Crippen LogP contribution in [0.5, 0.6) is 0 Å². The van der Waals surface area contributed by atoms with Gasteiger partial charge in [0.15, 0.2) is 0 Å². The first-order valence-corrected chi connectivity index (χ1v) is 7.73. The van der Waals surface area contributed by atoms with E-state index in [-0.39, 0.29) is 19.0 Å². The van der Waals surface area contributed by atoms with Crippen molar-refractivity contribution in [2.24, 2.45) is 17.8 Å². The number of hydrogen-bond donors (Lipinski definition) is 0. The minimum absolute atomic E-state index is 0.218. The standard InChI is InChI=1S/C17H20F3NO/c1-10(2)14-7-15(14)11-4-3-5-12(6-11)16(22)21-8-13(9-21)17(18,19)20/h3-6,10,13-15H,7-9H2,1-2H3/t14-,15-/m1/s1. The van der Waals surface area contributed by atoms with E-state index in [1.165, 1.54) is 4.90 Å². The summed E-state index contributed by atoms with van der Waals surface area (Å²) in [7, 11) is 0. The third-order valence-electron chi connectivity index (χ3n) is 4.89. The summed E-state index contributed by atoms with van der Waals surface area (Å²) in [5, 5.41) is 0. The van der Waals surface area contributed by atoms with Gasteiger partial charge in [-0.3, -0.25) is 4.79 Å². The topological polar surface area (TPSA) is 20.3 Å². The Morgan fingerprint density at radius 3 is 2.50 bits per heavy atom. The minimum atomic E-state index is -4.20. The fraction of sp³-hybridized carbons (Fsp3) is 0.588. The van der Waals surface area contributed by atoms with Gasteiger partial charge in [-0.1, -0.05) is 26.0 Å². The number of halogens is 3. The van der Waals surface area contributed by atoms with Gasteiger partial charge in [0.25, 0.3) is 5.91 Å². The lowest BCUT2D eigenvalue weighted by Gasteiger charge is -2.40. The molecule has 3 rings (SSSR count).